The van der Waals surface area contributed by atoms with E-state index in [9.17, 15) is 0 Å². The summed E-state index contributed by atoms with van der Waals surface area (Å²) in [5.74, 6) is 0.950. The van der Waals surface area contributed by atoms with Crippen LogP contribution >= 0.6 is 11.8 Å². The molecule has 2 atom stereocenters. The number of nitrogens with zero attached hydrogens (tertiary/aromatic N) is 1. The molecule has 0 spiro atoms. The fourth-order valence-corrected chi connectivity index (χ4v) is 2.66. The van der Waals surface area contributed by atoms with E-state index in [2.05, 4.69) is 11.9 Å². The van der Waals surface area contributed by atoms with Crippen molar-refractivity contribution in [2.75, 3.05) is 11.5 Å². The van der Waals surface area contributed by atoms with Gasteiger partial charge >= 0.3 is 0 Å². The van der Waals surface area contributed by atoms with Gasteiger partial charge in [-0.05, 0) is 31.9 Å². The van der Waals surface area contributed by atoms with Crippen molar-refractivity contribution < 1.29 is 4.74 Å². The quantitative estimate of drug-likeness (QED) is 0.800. The van der Waals surface area contributed by atoms with Gasteiger partial charge in [0.05, 0.1) is 17.9 Å². The van der Waals surface area contributed by atoms with Crippen molar-refractivity contribution in [2.24, 2.45) is 0 Å². The summed E-state index contributed by atoms with van der Waals surface area (Å²) in [4.78, 5) is 4.24. The maximum atomic E-state index is 5.81. The lowest BCUT2D eigenvalue weighted by molar-refractivity contribution is 0.0700. The molecule has 3 nitrogen and oxygen atoms in total. The molecule has 0 amide bonds. The monoisotopic (exact) mass is 224 g/mol. The van der Waals surface area contributed by atoms with Gasteiger partial charge in [0.15, 0.2) is 0 Å². The van der Waals surface area contributed by atoms with Crippen LogP contribution in [-0.2, 0) is 4.74 Å². The zero-order valence-corrected chi connectivity index (χ0v) is 9.67. The van der Waals surface area contributed by atoms with Gasteiger partial charge in [-0.25, -0.2) is 4.98 Å². The Kier molecular flexibility index (Phi) is 3.49. The molecule has 0 radical (unpaired) electrons. The molecule has 1 aromatic heterocycles. The molecule has 1 aliphatic rings. The van der Waals surface area contributed by atoms with Gasteiger partial charge in [0.25, 0.3) is 0 Å². The molecule has 2 N–H and O–H groups in total. The Hall–Kier alpha value is -0.740. The summed E-state index contributed by atoms with van der Waals surface area (Å²) < 4.78 is 5.73. The summed E-state index contributed by atoms with van der Waals surface area (Å²) in [6, 6.07) is 3.74. The number of hydrogen-bond acceptors (Lipinski definition) is 4. The molecule has 0 saturated carbocycles. The van der Waals surface area contributed by atoms with Crippen molar-refractivity contribution in [2.45, 2.75) is 37.0 Å². The lowest BCUT2D eigenvalue weighted by Crippen LogP contribution is -2.11. The summed E-state index contributed by atoms with van der Waals surface area (Å²) in [5, 5.41) is 0.917. The number of aromatic nitrogens is 1. The molecule has 1 saturated heterocycles. The fourth-order valence-electron chi connectivity index (χ4n) is 1.70. The summed E-state index contributed by atoms with van der Waals surface area (Å²) in [7, 11) is 0. The van der Waals surface area contributed by atoms with Gasteiger partial charge in [-0.3, -0.25) is 0 Å². The predicted molar refractivity (Wildman–Crippen MR) is 62.9 cm³/mol. The van der Waals surface area contributed by atoms with E-state index in [0.717, 1.165) is 22.9 Å². The maximum Gasteiger partial charge on any atom is 0.119 e. The highest BCUT2D eigenvalue weighted by molar-refractivity contribution is 7.99. The van der Waals surface area contributed by atoms with E-state index in [-0.39, 0.29) is 0 Å². The number of hydrogen-bond donors (Lipinski definition) is 1. The molecule has 2 heterocycles. The lowest BCUT2D eigenvalue weighted by Gasteiger charge is -2.10. The van der Waals surface area contributed by atoms with Crippen LogP contribution in [0, 0.1) is 0 Å². The van der Waals surface area contributed by atoms with E-state index in [4.69, 9.17) is 10.5 Å². The number of ether oxygens (including phenoxy) is 1. The second-order valence-electron chi connectivity index (χ2n) is 3.85. The van der Waals surface area contributed by atoms with Crippen molar-refractivity contribution in [3.63, 3.8) is 0 Å². The molecule has 2 rings (SSSR count). The summed E-state index contributed by atoms with van der Waals surface area (Å²) in [6.45, 7) is 2.12. The van der Waals surface area contributed by atoms with Gasteiger partial charge in [0.2, 0.25) is 0 Å². The number of anilines is 1. The Balaban J connectivity index is 1.86. The van der Waals surface area contributed by atoms with E-state index in [1.54, 1.807) is 18.0 Å². The van der Waals surface area contributed by atoms with Gasteiger partial charge in [-0.2, -0.15) is 0 Å². The molecular weight excluding hydrogens is 208 g/mol. The second kappa shape index (κ2) is 4.86. The van der Waals surface area contributed by atoms with Gasteiger partial charge in [-0.15, -0.1) is 11.8 Å². The van der Waals surface area contributed by atoms with E-state index < -0.39 is 0 Å². The number of nitrogens with two attached hydrogens (primary N) is 1. The minimum Gasteiger partial charge on any atom is -0.397 e. The fraction of sp³-hybridized carbons (Fsp3) is 0.545. The molecule has 0 aromatic carbocycles. The van der Waals surface area contributed by atoms with Crippen LogP contribution in [0.4, 0.5) is 5.69 Å². The van der Waals surface area contributed by atoms with Crippen LogP contribution in [0.2, 0.25) is 0 Å². The Morgan fingerprint density at radius 2 is 2.47 bits per heavy atom. The molecule has 4 heteroatoms. The average Bonchev–Trinajstić information content (AvgIpc) is 2.63. The molecule has 1 aromatic rings. The summed E-state index contributed by atoms with van der Waals surface area (Å²) in [6.07, 6.45) is 4.88. The van der Waals surface area contributed by atoms with Crippen molar-refractivity contribution in [1.29, 1.82) is 0 Å². The first-order valence-corrected chi connectivity index (χ1v) is 6.23. The zero-order chi connectivity index (χ0) is 10.7. The lowest BCUT2D eigenvalue weighted by atomic mass is 10.2. The average molecular weight is 224 g/mol. The highest BCUT2D eigenvalue weighted by atomic mass is 32.2. The molecule has 0 aliphatic carbocycles. The highest BCUT2D eigenvalue weighted by Gasteiger charge is 2.21. The number of rotatable bonds is 3. The van der Waals surface area contributed by atoms with Gasteiger partial charge in [0, 0.05) is 11.9 Å². The molecule has 1 aliphatic heterocycles. The number of nitrogen functional groups attached to an aromatic ring is 1. The van der Waals surface area contributed by atoms with Crippen LogP contribution in [0.25, 0.3) is 0 Å². The van der Waals surface area contributed by atoms with E-state index >= 15 is 0 Å². The van der Waals surface area contributed by atoms with Crippen molar-refractivity contribution >= 4 is 17.4 Å². The zero-order valence-electron chi connectivity index (χ0n) is 8.85. The van der Waals surface area contributed by atoms with Crippen LogP contribution in [0.3, 0.4) is 0 Å². The van der Waals surface area contributed by atoms with E-state index in [1.165, 1.54) is 6.42 Å². The van der Waals surface area contributed by atoms with Gasteiger partial charge in [0.1, 0.15) is 5.03 Å². The highest BCUT2D eigenvalue weighted by Crippen LogP contribution is 2.27. The minimum atomic E-state index is 0.367. The normalized spacial score (nSPS) is 25.7. The summed E-state index contributed by atoms with van der Waals surface area (Å²) in [5.41, 5.74) is 6.57. The Bertz CT molecular complexity index is 332. The minimum absolute atomic E-state index is 0.367. The first kappa shape index (κ1) is 10.8. The number of thioether (sulfide) groups is 1. The van der Waals surface area contributed by atoms with Gasteiger partial charge < -0.3 is 10.5 Å². The van der Waals surface area contributed by atoms with Crippen LogP contribution in [-0.4, -0.2) is 22.9 Å². The smallest absolute Gasteiger partial charge is 0.119 e. The van der Waals surface area contributed by atoms with Crippen LogP contribution in [0.15, 0.2) is 23.4 Å². The van der Waals surface area contributed by atoms with E-state index in [0.29, 0.717) is 12.2 Å². The second-order valence-corrected chi connectivity index (χ2v) is 4.86. The van der Waals surface area contributed by atoms with Crippen molar-refractivity contribution in [1.82, 2.24) is 4.98 Å². The molecule has 0 bridgehead atoms. The Labute approximate surface area is 94.4 Å². The number of pyridine rings is 1. The van der Waals surface area contributed by atoms with Crippen molar-refractivity contribution in [3.8, 4) is 0 Å². The summed E-state index contributed by atoms with van der Waals surface area (Å²) >= 11 is 1.69. The largest absolute Gasteiger partial charge is 0.397 e. The SMILES string of the molecule is CC1CCC(CSc2ncccc2N)O1. The first-order chi connectivity index (χ1) is 7.25. The standard InChI is InChI=1S/C11H16N2OS/c1-8-4-5-9(14-8)7-15-11-10(12)3-2-6-13-11/h2-3,6,8-9H,4-5,7,12H2,1H3. The first-order valence-electron chi connectivity index (χ1n) is 5.24. The maximum absolute atomic E-state index is 5.81. The Morgan fingerprint density at radius 3 is 3.13 bits per heavy atom. The molecule has 82 valence electrons. The molecule has 2 unspecified atom stereocenters. The molecule has 15 heavy (non-hydrogen) atoms. The molecular formula is C11H16N2OS. The van der Waals surface area contributed by atoms with Crippen LogP contribution < -0.4 is 5.73 Å². The third-order valence-corrected chi connectivity index (χ3v) is 3.68. The van der Waals surface area contributed by atoms with E-state index in [1.807, 2.05) is 12.1 Å². The van der Waals surface area contributed by atoms with Crippen LogP contribution in [0.5, 0.6) is 0 Å². The Morgan fingerprint density at radius 1 is 1.60 bits per heavy atom. The van der Waals surface area contributed by atoms with Gasteiger partial charge in [-0.1, -0.05) is 0 Å². The van der Waals surface area contributed by atoms with Crippen LogP contribution in [0.1, 0.15) is 19.8 Å². The third kappa shape index (κ3) is 2.86. The predicted octanol–water partition coefficient (Wildman–Crippen LogP) is 2.32. The topological polar surface area (TPSA) is 48.1 Å². The third-order valence-electron chi connectivity index (χ3n) is 2.53. The van der Waals surface area contributed by atoms with Crippen molar-refractivity contribution in [3.05, 3.63) is 18.3 Å². The molecule has 1 fully saturated rings.